The van der Waals surface area contributed by atoms with Gasteiger partial charge in [0, 0.05) is 0 Å². The van der Waals surface area contributed by atoms with Gasteiger partial charge in [-0.1, -0.05) is 35.9 Å². The third kappa shape index (κ3) is 3.76. The van der Waals surface area contributed by atoms with Crippen LogP contribution in [0.4, 0.5) is 0 Å². The fraction of sp³-hybridized carbons (Fsp3) is 0.250. The van der Waals surface area contributed by atoms with E-state index in [0.29, 0.717) is 11.3 Å². The van der Waals surface area contributed by atoms with Crippen molar-refractivity contribution in [3.05, 3.63) is 86.3 Å². The molecule has 0 unspecified atom stereocenters. The predicted octanol–water partition coefficient (Wildman–Crippen LogP) is 6.57. The number of benzene rings is 2. The summed E-state index contributed by atoms with van der Waals surface area (Å²) in [5.41, 5.74) is 9.88. The molecule has 2 aromatic carbocycles. The maximum atomic E-state index is 9.32. The van der Waals surface area contributed by atoms with Crippen LogP contribution in [0.1, 0.15) is 51.4 Å². The molecule has 0 aromatic heterocycles. The van der Waals surface area contributed by atoms with E-state index >= 15 is 0 Å². The molecule has 0 aliphatic heterocycles. The molecular weight excluding hydrogens is 316 g/mol. The molecule has 26 heavy (non-hydrogen) atoms. The summed E-state index contributed by atoms with van der Waals surface area (Å²) in [6.07, 6.45) is 3.79. The normalized spacial score (nSPS) is 11.8. The Bertz CT molecular complexity index is 1010. The standard InChI is InChI=1S/C24H24N2/c1-8-20(14-25)22-11-19(6)23(12-18(22)5)24(26-7)13-21-10-16(3)15(2)9-17(21)4/h8-13H,1-6H3/b20-8+,24-13+. The monoisotopic (exact) mass is 340 g/mol. The number of nitriles is 1. The second-order valence-corrected chi connectivity index (χ2v) is 6.73. The highest BCUT2D eigenvalue weighted by molar-refractivity contribution is 5.89. The van der Waals surface area contributed by atoms with Gasteiger partial charge in [0.05, 0.1) is 18.2 Å². The van der Waals surface area contributed by atoms with Crippen LogP contribution in [0.15, 0.2) is 30.3 Å². The molecule has 0 amide bonds. The Balaban J connectivity index is 2.63. The van der Waals surface area contributed by atoms with Crippen LogP contribution in [-0.2, 0) is 0 Å². The molecule has 2 rings (SSSR count). The van der Waals surface area contributed by atoms with Gasteiger partial charge in [0.25, 0.3) is 0 Å². The van der Waals surface area contributed by atoms with Crippen LogP contribution in [0.3, 0.4) is 0 Å². The summed E-state index contributed by atoms with van der Waals surface area (Å²) < 4.78 is 0. The first kappa shape index (κ1) is 19.2. The summed E-state index contributed by atoms with van der Waals surface area (Å²) in [7, 11) is 0. The zero-order valence-corrected chi connectivity index (χ0v) is 16.4. The Labute approximate surface area is 156 Å². The number of hydrogen-bond acceptors (Lipinski definition) is 1. The number of hydrogen-bond donors (Lipinski definition) is 0. The highest BCUT2D eigenvalue weighted by Crippen LogP contribution is 2.30. The lowest BCUT2D eigenvalue weighted by Gasteiger charge is -2.12. The molecule has 0 radical (unpaired) electrons. The van der Waals surface area contributed by atoms with E-state index in [9.17, 15) is 5.26 Å². The van der Waals surface area contributed by atoms with Crippen LogP contribution < -0.4 is 0 Å². The van der Waals surface area contributed by atoms with Crippen LogP contribution in [0.5, 0.6) is 0 Å². The summed E-state index contributed by atoms with van der Waals surface area (Å²) >= 11 is 0. The lowest BCUT2D eigenvalue weighted by atomic mass is 9.93. The average molecular weight is 340 g/mol. The number of rotatable bonds is 3. The Hall–Kier alpha value is -3.10. The van der Waals surface area contributed by atoms with Gasteiger partial charge in [-0.25, -0.2) is 4.85 Å². The SMILES string of the molecule is [C-]#[N+]/C(=C/c1cc(C)c(C)cc1C)c1cc(C)c(/C(C#N)=C/C)cc1C. The van der Waals surface area contributed by atoms with Crippen molar-refractivity contribution in [1.29, 1.82) is 5.26 Å². The van der Waals surface area contributed by atoms with Gasteiger partial charge in [-0.15, -0.1) is 0 Å². The lowest BCUT2D eigenvalue weighted by molar-refractivity contribution is 1.29. The second kappa shape index (κ2) is 7.85. The van der Waals surface area contributed by atoms with Crippen LogP contribution >= 0.6 is 0 Å². The van der Waals surface area contributed by atoms with Gasteiger partial charge in [-0.3, -0.25) is 0 Å². The predicted molar refractivity (Wildman–Crippen MR) is 110 cm³/mol. The highest BCUT2D eigenvalue weighted by Gasteiger charge is 2.12. The Morgan fingerprint density at radius 2 is 1.46 bits per heavy atom. The molecule has 0 heterocycles. The first-order valence-corrected chi connectivity index (χ1v) is 8.67. The van der Waals surface area contributed by atoms with Crippen molar-refractivity contribution < 1.29 is 0 Å². The minimum atomic E-state index is 0.627. The fourth-order valence-corrected chi connectivity index (χ4v) is 3.12. The second-order valence-electron chi connectivity index (χ2n) is 6.73. The molecule has 0 saturated carbocycles. The number of aryl methyl sites for hydroxylation is 5. The van der Waals surface area contributed by atoms with E-state index in [1.807, 2.05) is 45.1 Å². The molecule has 2 aromatic rings. The zero-order chi connectivity index (χ0) is 19.4. The highest BCUT2D eigenvalue weighted by atomic mass is 14.7. The van der Waals surface area contributed by atoms with Gasteiger partial charge in [-0.2, -0.15) is 5.26 Å². The Kier molecular flexibility index (Phi) is 5.81. The van der Waals surface area contributed by atoms with E-state index in [1.54, 1.807) is 0 Å². The molecule has 130 valence electrons. The average Bonchev–Trinajstić information content (AvgIpc) is 2.61. The van der Waals surface area contributed by atoms with E-state index in [0.717, 1.165) is 27.8 Å². The smallest absolute Gasteiger partial charge is 0.195 e. The largest absolute Gasteiger partial charge is 0.238 e. The van der Waals surface area contributed by atoms with Gasteiger partial charge < -0.3 is 0 Å². The molecule has 0 aliphatic rings. The van der Waals surface area contributed by atoms with E-state index in [1.165, 1.54) is 16.7 Å². The van der Waals surface area contributed by atoms with Crippen LogP contribution in [-0.4, -0.2) is 0 Å². The maximum Gasteiger partial charge on any atom is 0.195 e. The van der Waals surface area contributed by atoms with Crippen molar-refractivity contribution in [2.75, 3.05) is 0 Å². The van der Waals surface area contributed by atoms with Crippen LogP contribution in [0.2, 0.25) is 0 Å². The minimum Gasteiger partial charge on any atom is -0.238 e. The molecule has 0 aliphatic carbocycles. The molecular formula is C24H24N2. The first-order valence-electron chi connectivity index (χ1n) is 8.67. The van der Waals surface area contributed by atoms with Crippen molar-refractivity contribution in [3.8, 4) is 6.07 Å². The molecule has 0 spiro atoms. The maximum absolute atomic E-state index is 9.32. The first-order chi connectivity index (χ1) is 12.3. The summed E-state index contributed by atoms with van der Waals surface area (Å²) in [4.78, 5) is 3.80. The van der Waals surface area contributed by atoms with E-state index in [-0.39, 0.29) is 0 Å². The topological polar surface area (TPSA) is 28.1 Å². The fourth-order valence-electron chi connectivity index (χ4n) is 3.12. The third-order valence-corrected chi connectivity index (χ3v) is 4.84. The molecule has 0 bridgehead atoms. The molecule has 0 saturated heterocycles. The van der Waals surface area contributed by atoms with Gasteiger partial charge in [0.15, 0.2) is 5.70 Å². The summed E-state index contributed by atoms with van der Waals surface area (Å²) in [5.74, 6) is 0. The van der Waals surface area contributed by atoms with Gasteiger partial charge >= 0.3 is 0 Å². The van der Waals surface area contributed by atoms with E-state index in [2.05, 4.69) is 43.8 Å². The van der Waals surface area contributed by atoms with Gasteiger partial charge in [0.1, 0.15) is 0 Å². The van der Waals surface area contributed by atoms with Crippen molar-refractivity contribution in [3.63, 3.8) is 0 Å². The van der Waals surface area contributed by atoms with Gasteiger partial charge in [0.2, 0.25) is 0 Å². The van der Waals surface area contributed by atoms with E-state index in [4.69, 9.17) is 6.57 Å². The molecule has 0 N–H and O–H groups in total. The minimum absolute atomic E-state index is 0.627. The molecule has 0 atom stereocenters. The van der Waals surface area contributed by atoms with Gasteiger partial charge in [-0.05, 0) is 86.6 Å². The number of allylic oxidation sites excluding steroid dienone is 2. The Morgan fingerprint density at radius 1 is 0.885 bits per heavy atom. The van der Waals surface area contributed by atoms with Crippen LogP contribution in [0, 0.1) is 52.5 Å². The molecule has 2 nitrogen and oxygen atoms in total. The zero-order valence-electron chi connectivity index (χ0n) is 16.4. The summed E-state index contributed by atoms with van der Waals surface area (Å²) in [6, 6.07) is 10.6. The van der Waals surface area contributed by atoms with Crippen molar-refractivity contribution in [2.45, 2.75) is 41.5 Å². The molecule has 2 heteroatoms. The van der Waals surface area contributed by atoms with Crippen LogP contribution in [0.25, 0.3) is 22.2 Å². The summed E-state index contributed by atoms with van der Waals surface area (Å²) in [6.45, 7) is 19.8. The Morgan fingerprint density at radius 3 is 2.04 bits per heavy atom. The quantitative estimate of drug-likeness (QED) is 0.353. The third-order valence-electron chi connectivity index (χ3n) is 4.84. The van der Waals surface area contributed by atoms with Crippen molar-refractivity contribution >= 4 is 17.3 Å². The lowest BCUT2D eigenvalue weighted by Crippen LogP contribution is -1.95. The molecule has 0 fully saturated rings. The van der Waals surface area contributed by atoms with Crippen molar-refractivity contribution in [2.24, 2.45) is 0 Å². The van der Waals surface area contributed by atoms with E-state index < -0.39 is 0 Å². The van der Waals surface area contributed by atoms with Crippen molar-refractivity contribution in [1.82, 2.24) is 0 Å². The summed E-state index contributed by atoms with van der Waals surface area (Å²) in [5, 5.41) is 9.32. The number of nitrogens with zero attached hydrogens (tertiary/aromatic N) is 2.